The Hall–Kier alpha value is -0.610. The first-order valence-corrected chi connectivity index (χ1v) is 8.81. The van der Waals surface area contributed by atoms with E-state index in [1.54, 1.807) is 0 Å². The third-order valence-electron chi connectivity index (χ3n) is 6.57. The van der Waals surface area contributed by atoms with Crippen molar-refractivity contribution in [1.29, 1.82) is 0 Å². The molecule has 4 nitrogen and oxygen atoms in total. The van der Waals surface area contributed by atoms with Crippen LogP contribution in [0.15, 0.2) is 0 Å². The smallest absolute Gasteiger partial charge is 0.228 e. The van der Waals surface area contributed by atoms with Gasteiger partial charge in [0.25, 0.3) is 0 Å². The summed E-state index contributed by atoms with van der Waals surface area (Å²) in [4.78, 5) is 17.6. The maximum absolute atomic E-state index is 13.2. The maximum atomic E-state index is 13.2. The van der Waals surface area contributed by atoms with Crippen molar-refractivity contribution in [1.82, 2.24) is 9.80 Å². The van der Waals surface area contributed by atoms with Crippen LogP contribution in [0.1, 0.15) is 38.5 Å². The molecule has 0 aromatic heterocycles. The minimum atomic E-state index is 0.0217. The Balaban J connectivity index is 1.43. The molecular weight excluding hydrogens is 264 g/mol. The zero-order valence-corrected chi connectivity index (χ0v) is 13.0. The van der Waals surface area contributed by atoms with Gasteiger partial charge in [-0.15, -0.1) is 0 Å². The van der Waals surface area contributed by atoms with Gasteiger partial charge >= 0.3 is 0 Å². The van der Waals surface area contributed by atoms with Crippen LogP contribution in [-0.2, 0) is 4.79 Å². The second-order valence-electron chi connectivity index (χ2n) is 8.06. The number of hydrogen-bond acceptors (Lipinski definition) is 3. The Morgan fingerprint density at radius 2 is 1.48 bits per heavy atom. The summed E-state index contributed by atoms with van der Waals surface area (Å²) in [5, 5.41) is 9.03. The molecule has 4 aliphatic carbocycles. The minimum absolute atomic E-state index is 0.0217. The van der Waals surface area contributed by atoms with Gasteiger partial charge in [-0.1, -0.05) is 0 Å². The van der Waals surface area contributed by atoms with Crippen LogP contribution in [0, 0.1) is 23.2 Å². The summed E-state index contributed by atoms with van der Waals surface area (Å²) in [6.07, 6.45) is 7.72. The van der Waals surface area contributed by atoms with Gasteiger partial charge in [-0.25, -0.2) is 0 Å². The molecule has 0 aromatic rings. The quantitative estimate of drug-likeness (QED) is 0.854. The molecule has 0 radical (unpaired) electrons. The van der Waals surface area contributed by atoms with Crippen LogP contribution in [0.4, 0.5) is 0 Å². The van der Waals surface area contributed by atoms with E-state index in [1.165, 1.54) is 38.5 Å². The Bertz CT molecular complexity index is 380. The molecule has 1 aliphatic heterocycles. The van der Waals surface area contributed by atoms with Gasteiger partial charge in [0.2, 0.25) is 5.91 Å². The largest absolute Gasteiger partial charge is 0.395 e. The van der Waals surface area contributed by atoms with E-state index in [1.807, 2.05) is 0 Å². The van der Waals surface area contributed by atoms with Gasteiger partial charge in [-0.3, -0.25) is 9.69 Å². The van der Waals surface area contributed by atoms with Crippen molar-refractivity contribution in [3.63, 3.8) is 0 Å². The van der Waals surface area contributed by atoms with Crippen molar-refractivity contribution in [3.05, 3.63) is 0 Å². The van der Waals surface area contributed by atoms with E-state index in [9.17, 15) is 4.79 Å². The van der Waals surface area contributed by atoms with E-state index in [0.29, 0.717) is 5.91 Å². The van der Waals surface area contributed by atoms with Gasteiger partial charge in [0.1, 0.15) is 0 Å². The molecule has 1 saturated heterocycles. The predicted molar refractivity (Wildman–Crippen MR) is 80.7 cm³/mol. The Labute approximate surface area is 127 Å². The number of hydrogen-bond donors (Lipinski definition) is 1. The molecule has 4 bridgehead atoms. The lowest BCUT2D eigenvalue weighted by Crippen LogP contribution is -2.58. The van der Waals surface area contributed by atoms with Gasteiger partial charge < -0.3 is 10.0 Å². The summed E-state index contributed by atoms with van der Waals surface area (Å²) in [5.74, 6) is 3.01. The Morgan fingerprint density at radius 1 is 0.952 bits per heavy atom. The molecule has 0 aromatic carbocycles. The van der Waals surface area contributed by atoms with E-state index in [4.69, 9.17) is 5.11 Å². The average molecular weight is 292 g/mol. The highest BCUT2D eigenvalue weighted by Gasteiger charge is 2.55. The number of piperazine rings is 1. The van der Waals surface area contributed by atoms with E-state index in [0.717, 1.165) is 50.5 Å². The van der Waals surface area contributed by atoms with Gasteiger partial charge in [-0.2, -0.15) is 0 Å². The van der Waals surface area contributed by atoms with Crippen molar-refractivity contribution in [2.24, 2.45) is 23.2 Å². The molecule has 4 saturated carbocycles. The zero-order chi connectivity index (χ0) is 14.4. The van der Waals surface area contributed by atoms with Crippen LogP contribution in [0.3, 0.4) is 0 Å². The normalized spacial score (nSPS) is 42.5. The van der Waals surface area contributed by atoms with Gasteiger partial charge in [-0.05, 0) is 56.3 Å². The van der Waals surface area contributed by atoms with Crippen LogP contribution in [0.5, 0.6) is 0 Å². The number of carbonyl (C=O) groups is 1. The average Bonchev–Trinajstić information content (AvgIpc) is 2.46. The molecule has 0 spiro atoms. The van der Waals surface area contributed by atoms with Crippen LogP contribution in [0.2, 0.25) is 0 Å². The summed E-state index contributed by atoms with van der Waals surface area (Å²) in [6.45, 7) is 4.56. The zero-order valence-electron chi connectivity index (χ0n) is 13.0. The summed E-state index contributed by atoms with van der Waals surface area (Å²) >= 11 is 0. The first kappa shape index (κ1) is 14.0. The van der Waals surface area contributed by atoms with E-state index in [-0.39, 0.29) is 12.0 Å². The third-order valence-corrected chi connectivity index (χ3v) is 6.57. The number of carbonyl (C=O) groups excluding carboxylic acids is 1. The number of rotatable bonds is 3. The topological polar surface area (TPSA) is 43.8 Å². The van der Waals surface area contributed by atoms with E-state index < -0.39 is 0 Å². The van der Waals surface area contributed by atoms with Gasteiger partial charge in [0.15, 0.2) is 0 Å². The molecule has 21 heavy (non-hydrogen) atoms. The van der Waals surface area contributed by atoms with Crippen molar-refractivity contribution in [3.8, 4) is 0 Å². The second-order valence-corrected chi connectivity index (χ2v) is 8.06. The molecule has 1 heterocycles. The predicted octanol–water partition coefficient (Wildman–Crippen LogP) is 1.34. The number of amides is 1. The molecule has 1 amide bonds. The molecule has 4 heteroatoms. The maximum Gasteiger partial charge on any atom is 0.228 e. The molecule has 5 aliphatic rings. The summed E-state index contributed by atoms with van der Waals surface area (Å²) in [7, 11) is 0. The van der Waals surface area contributed by atoms with Crippen LogP contribution >= 0.6 is 0 Å². The molecule has 1 N–H and O–H groups in total. The summed E-state index contributed by atoms with van der Waals surface area (Å²) < 4.78 is 0. The SMILES string of the molecule is O=C(N1CCN(CCO)CC1)C12CC3CC(CC(C3)C1)C2. The number of nitrogens with zero attached hydrogens (tertiary/aromatic N) is 2. The minimum Gasteiger partial charge on any atom is -0.395 e. The van der Waals surface area contributed by atoms with Crippen LogP contribution in [0.25, 0.3) is 0 Å². The molecule has 118 valence electrons. The summed E-state index contributed by atoms with van der Waals surface area (Å²) in [5.41, 5.74) is 0.0217. The lowest BCUT2D eigenvalue weighted by molar-refractivity contribution is -0.159. The van der Waals surface area contributed by atoms with Crippen molar-refractivity contribution >= 4 is 5.91 Å². The van der Waals surface area contributed by atoms with Crippen LogP contribution in [-0.4, -0.2) is 60.1 Å². The fraction of sp³-hybridized carbons (Fsp3) is 0.941. The van der Waals surface area contributed by atoms with Crippen molar-refractivity contribution < 1.29 is 9.90 Å². The van der Waals surface area contributed by atoms with Gasteiger partial charge in [0.05, 0.1) is 12.0 Å². The highest BCUT2D eigenvalue weighted by molar-refractivity contribution is 5.83. The summed E-state index contributed by atoms with van der Waals surface area (Å²) in [6, 6.07) is 0. The third kappa shape index (κ3) is 2.40. The fourth-order valence-corrected chi connectivity index (χ4v) is 6.02. The number of β-amino-alcohol motifs (C(OH)–C–C–N with tert-alkyl or cyclic N) is 1. The van der Waals surface area contributed by atoms with Gasteiger partial charge in [0, 0.05) is 32.7 Å². The highest BCUT2D eigenvalue weighted by atomic mass is 16.3. The lowest BCUT2D eigenvalue weighted by atomic mass is 9.49. The second kappa shape index (κ2) is 5.24. The molecule has 0 atom stereocenters. The Kier molecular flexibility index (Phi) is 3.49. The highest BCUT2D eigenvalue weighted by Crippen LogP contribution is 2.60. The monoisotopic (exact) mass is 292 g/mol. The number of aliphatic hydroxyl groups is 1. The van der Waals surface area contributed by atoms with E-state index >= 15 is 0 Å². The van der Waals surface area contributed by atoms with Crippen molar-refractivity contribution in [2.45, 2.75) is 38.5 Å². The molecule has 0 unspecified atom stereocenters. The lowest BCUT2D eigenvalue weighted by Gasteiger charge is -2.57. The molecule has 5 rings (SSSR count). The fourth-order valence-electron chi connectivity index (χ4n) is 6.02. The number of aliphatic hydroxyl groups excluding tert-OH is 1. The standard InChI is InChI=1S/C17H28N2O2/c20-6-5-18-1-3-19(4-2-18)16(21)17-10-13-7-14(11-17)9-15(8-13)12-17/h13-15,20H,1-12H2. The first-order chi connectivity index (χ1) is 10.2. The van der Waals surface area contributed by atoms with E-state index in [2.05, 4.69) is 9.80 Å². The first-order valence-electron chi connectivity index (χ1n) is 8.81. The Morgan fingerprint density at radius 3 is 1.95 bits per heavy atom. The van der Waals surface area contributed by atoms with Crippen LogP contribution < -0.4 is 0 Å². The molecular formula is C17H28N2O2. The molecule has 5 fully saturated rings. The van der Waals surface area contributed by atoms with Crippen molar-refractivity contribution in [2.75, 3.05) is 39.3 Å².